The third-order valence-corrected chi connectivity index (χ3v) is 4.40. The van der Waals surface area contributed by atoms with Gasteiger partial charge in [-0.15, -0.1) is 0 Å². The molecule has 2 unspecified atom stereocenters. The van der Waals surface area contributed by atoms with Gasteiger partial charge in [-0.1, -0.05) is 0 Å². The Labute approximate surface area is 120 Å². The number of nitrogens with two attached hydrogens (primary N) is 1. The van der Waals surface area contributed by atoms with Crippen LogP contribution < -0.4 is 5.73 Å². The van der Waals surface area contributed by atoms with Gasteiger partial charge in [-0.2, -0.15) is 0 Å². The van der Waals surface area contributed by atoms with Crippen molar-refractivity contribution in [2.45, 2.75) is 19.4 Å². The molecule has 5 heteroatoms. The van der Waals surface area contributed by atoms with Crippen LogP contribution in [0.25, 0.3) is 11.0 Å². The molecule has 1 saturated heterocycles. The van der Waals surface area contributed by atoms with E-state index in [0.29, 0.717) is 17.9 Å². The Morgan fingerprint density at radius 1 is 1.56 bits per heavy atom. The number of fused-ring (bicyclic) bond motifs is 1. The van der Waals surface area contributed by atoms with Crippen molar-refractivity contribution in [2.24, 2.45) is 5.92 Å². The zero-order chi connectivity index (χ0) is 12.7. The van der Waals surface area contributed by atoms with Crippen molar-refractivity contribution in [3.05, 3.63) is 21.8 Å². The molecule has 2 atom stereocenters. The minimum Gasteiger partial charge on any atom is -0.381 e. The molecule has 0 aliphatic carbocycles. The number of nitrogens with zero attached hydrogens (tertiary/aromatic N) is 2. The highest BCUT2D eigenvalue weighted by atomic mass is 127. The highest BCUT2D eigenvalue weighted by molar-refractivity contribution is 14.1. The first-order valence-electron chi connectivity index (χ1n) is 6.17. The molecule has 1 aliphatic rings. The van der Waals surface area contributed by atoms with E-state index in [1.807, 2.05) is 0 Å². The van der Waals surface area contributed by atoms with Gasteiger partial charge in [0.2, 0.25) is 5.95 Å². The van der Waals surface area contributed by atoms with Gasteiger partial charge in [0.15, 0.2) is 0 Å². The molecular formula is C13H16IN3O. The lowest BCUT2D eigenvalue weighted by molar-refractivity contribution is 0.176. The van der Waals surface area contributed by atoms with E-state index in [9.17, 15) is 0 Å². The standard InChI is InChI=1S/C13H16IN3O/c1-8(9-4-5-18-7-9)17-12-3-2-10(14)6-11(12)16-13(17)15/h2-3,6,8-9H,4-5,7H2,1H3,(H2,15,16). The number of rotatable bonds is 2. The van der Waals surface area contributed by atoms with Gasteiger partial charge < -0.3 is 15.0 Å². The van der Waals surface area contributed by atoms with Crippen molar-refractivity contribution in [1.29, 1.82) is 0 Å². The van der Waals surface area contributed by atoms with Gasteiger partial charge >= 0.3 is 0 Å². The average molecular weight is 357 g/mol. The van der Waals surface area contributed by atoms with Crippen molar-refractivity contribution in [3.63, 3.8) is 0 Å². The van der Waals surface area contributed by atoms with Crippen LogP contribution in [0.1, 0.15) is 19.4 Å². The molecule has 0 amide bonds. The zero-order valence-electron chi connectivity index (χ0n) is 10.3. The van der Waals surface area contributed by atoms with E-state index in [2.05, 4.69) is 57.3 Å². The number of ether oxygens (including phenoxy) is 1. The number of benzene rings is 1. The molecule has 0 radical (unpaired) electrons. The maximum Gasteiger partial charge on any atom is 0.201 e. The molecule has 2 heterocycles. The predicted octanol–water partition coefficient (Wildman–Crippen LogP) is 2.82. The Kier molecular flexibility index (Phi) is 3.19. The Morgan fingerprint density at radius 2 is 2.39 bits per heavy atom. The number of halogens is 1. The number of anilines is 1. The van der Waals surface area contributed by atoms with E-state index in [1.54, 1.807) is 0 Å². The molecule has 1 fully saturated rings. The van der Waals surface area contributed by atoms with E-state index < -0.39 is 0 Å². The normalized spacial score (nSPS) is 21.6. The SMILES string of the molecule is CC(C1CCOC1)n1c(N)nc2cc(I)ccc21. The lowest BCUT2D eigenvalue weighted by Crippen LogP contribution is -2.18. The molecule has 1 aromatic heterocycles. The lowest BCUT2D eigenvalue weighted by atomic mass is 10.0. The van der Waals surface area contributed by atoms with Crippen LogP contribution in [0.2, 0.25) is 0 Å². The molecule has 18 heavy (non-hydrogen) atoms. The predicted molar refractivity (Wildman–Crippen MR) is 80.5 cm³/mol. The molecular weight excluding hydrogens is 341 g/mol. The van der Waals surface area contributed by atoms with Gasteiger partial charge in [-0.25, -0.2) is 4.98 Å². The summed E-state index contributed by atoms with van der Waals surface area (Å²) in [7, 11) is 0. The maximum absolute atomic E-state index is 6.08. The van der Waals surface area contributed by atoms with Crippen LogP contribution in [0, 0.1) is 9.49 Å². The first-order valence-corrected chi connectivity index (χ1v) is 7.25. The largest absolute Gasteiger partial charge is 0.381 e. The fourth-order valence-electron chi connectivity index (χ4n) is 2.66. The van der Waals surface area contributed by atoms with Gasteiger partial charge in [0.05, 0.1) is 17.6 Å². The van der Waals surface area contributed by atoms with Crippen molar-refractivity contribution < 1.29 is 4.74 Å². The first kappa shape index (κ1) is 12.2. The molecule has 1 aliphatic heterocycles. The van der Waals surface area contributed by atoms with Gasteiger partial charge in [0.25, 0.3) is 0 Å². The third-order valence-electron chi connectivity index (χ3n) is 3.73. The second-order valence-electron chi connectivity index (χ2n) is 4.84. The van der Waals surface area contributed by atoms with E-state index in [4.69, 9.17) is 10.5 Å². The summed E-state index contributed by atoms with van der Waals surface area (Å²) in [5.41, 5.74) is 8.18. The summed E-state index contributed by atoms with van der Waals surface area (Å²) in [5.74, 6) is 1.13. The highest BCUT2D eigenvalue weighted by Gasteiger charge is 2.26. The number of hydrogen-bond acceptors (Lipinski definition) is 3. The molecule has 4 nitrogen and oxygen atoms in total. The Balaban J connectivity index is 2.07. The van der Waals surface area contributed by atoms with E-state index >= 15 is 0 Å². The van der Waals surface area contributed by atoms with Crippen LogP contribution in [-0.2, 0) is 4.74 Å². The summed E-state index contributed by atoms with van der Waals surface area (Å²) in [5, 5.41) is 0. The molecule has 96 valence electrons. The maximum atomic E-state index is 6.08. The monoisotopic (exact) mass is 357 g/mol. The molecule has 2 N–H and O–H groups in total. The average Bonchev–Trinajstić information content (AvgIpc) is 2.94. The van der Waals surface area contributed by atoms with Crippen LogP contribution in [0.4, 0.5) is 5.95 Å². The van der Waals surface area contributed by atoms with E-state index in [0.717, 1.165) is 30.7 Å². The molecule has 0 bridgehead atoms. The summed E-state index contributed by atoms with van der Waals surface area (Å²) >= 11 is 2.29. The van der Waals surface area contributed by atoms with Gasteiger partial charge in [-0.05, 0) is 54.1 Å². The molecule has 1 aromatic carbocycles. The van der Waals surface area contributed by atoms with Crippen LogP contribution >= 0.6 is 22.6 Å². The van der Waals surface area contributed by atoms with Crippen LogP contribution in [0.5, 0.6) is 0 Å². The Hall–Kier alpha value is -0.820. The van der Waals surface area contributed by atoms with Crippen molar-refractivity contribution in [1.82, 2.24) is 9.55 Å². The molecule has 3 rings (SSSR count). The first-order chi connectivity index (χ1) is 8.66. The number of aromatic nitrogens is 2. The fourth-order valence-corrected chi connectivity index (χ4v) is 3.14. The summed E-state index contributed by atoms with van der Waals surface area (Å²) in [4.78, 5) is 4.46. The molecule has 2 aromatic rings. The summed E-state index contributed by atoms with van der Waals surface area (Å²) in [6.45, 7) is 3.89. The molecule has 0 saturated carbocycles. The van der Waals surface area contributed by atoms with Crippen molar-refractivity contribution in [2.75, 3.05) is 18.9 Å². The Bertz CT molecular complexity index is 575. The molecule has 0 spiro atoms. The number of imidazole rings is 1. The smallest absolute Gasteiger partial charge is 0.201 e. The minimum absolute atomic E-state index is 0.331. The van der Waals surface area contributed by atoms with E-state index in [-0.39, 0.29) is 0 Å². The summed E-state index contributed by atoms with van der Waals surface area (Å²) < 4.78 is 8.80. The second-order valence-corrected chi connectivity index (χ2v) is 6.08. The van der Waals surface area contributed by atoms with Crippen LogP contribution in [0.3, 0.4) is 0 Å². The summed E-state index contributed by atoms with van der Waals surface area (Å²) in [6, 6.07) is 6.60. The van der Waals surface area contributed by atoms with Crippen molar-refractivity contribution in [3.8, 4) is 0 Å². The zero-order valence-corrected chi connectivity index (χ0v) is 12.4. The van der Waals surface area contributed by atoms with Crippen molar-refractivity contribution >= 4 is 39.6 Å². The number of hydrogen-bond donors (Lipinski definition) is 1. The van der Waals surface area contributed by atoms with Crippen LogP contribution in [0.15, 0.2) is 18.2 Å². The minimum atomic E-state index is 0.331. The number of nitrogen functional groups attached to an aromatic ring is 1. The highest BCUT2D eigenvalue weighted by Crippen LogP contribution is 2.31. The van der Waals surface area contributed by atoms with Crippen LogP contribution in [-0.4, -0.2) is 22.8 Å². The quantitative estimate of drug-likeness (QED) is 0.841. The Morgan fingerprint density at radius 3 is 3.11 bits per heavy atom. The topological polar surface area (TPSA) is 53.1 Å². The fraction of sp³-hybridized carbons (Fsp3) is 0.462. The third kappa shape index (κ3) is 1.99. The lowest BCUT2D eigenvalue weighted by Gasteiger charge is -2.21. The van der Waals surface area contributed by atoms with Gasteiger partial charge in [0.1, 0.15) is 0 Å². The second kappa shape index (κ2) is 4.70. The van der Waals surface area contributed by atoms with E-state index in [1.165, 1.54) is 3.57 Å². The van der Waals surface area contributed by atoms with Gasteiger partial charge in [0, 0.05) is 22.1 Å². The van der Waals surface area contributed by atoms with Gasteiger partial charge in [-0.3, -0.25) is 0 Å². The summed E-state index contributed by atoms with van der Waals surface area (Å²) in [6.07, 6.45) is 1.10.